The molecule has 2 rings (SSSR count). The van der Waals surface area contributed by atoms with Gasteiger partial charge in [0.05, 0.1) is 6.04 Å². The van der Waals surface area contributed by atoms with Crippen molar-refractivity contribution in [3.05, 3.63) is 65.7 Å². The lowest BCUT2D eigenvalue weighted by atomic mass is 9.98. The fourth-order valence-corrected chi connectivity index (χ4v) is 7.31. The molecule has 0 unspecified atom stereocenters. The van der Waals surface area contributed by atoms with Crippen LogP contribution in [0.5, 0.6) is 5.75 Å². The molecule has 0 heterocycles. The third-order valence-corrected chi connectivity index (χ3v) is 10.8. The number of hydrogen-bond donors (Lipinski definition) is 12. The van der Waals surface area contributed by atoms with Gasteiger partial charge in [-0.05, 0) is 105 Å². The molecular formula is C48H77N11O9. The summed E-state index contributed by atoms with van der Waals surface area (Å²) in [5.74, 6) is -5.88. The van der Waals surface area contributed by atoms with E-state index in [9.17, 15) is 43.8 Å². The van der Waals surface area contributed by atoms with Gasteiger partial charge in [0.15, 0.2) is 5.96 Å². The number of hydrogen-bond acceptors (Lipinski definition) is 11. The number of phenolic OH excluding ortho intramolecular Hbond substituents is 1. The third-order valence-electron chi connectivity index (χ3n) is 10.8. The molecule has 0 bridgehead atoms. The molecule has 0 saturated heterocycles. The average Bonchev–Trinajstić information content (AvgIpc) is 3.26. The highest BCUT2D eigenvalue weighted by Crippen LogP contribution is 2.15. The molecule has 0 radical (unpaired) electrons. The van der Waals surface area contributed by atoms with Crippen molar-refractivity contribution in [3.8, 4) is 5.75 Å². The molecule has 0 aromatic heterocycles. The second kappa shape index (κ2) is 30.2. The molecular weight excluding hydrogens is 875 g/mol. The van der Waals surface area contributed by atoms with Gasteiger partial charge in [-0.1, -0.05) is 84.0 Å². The number of phenols is 1. The summed E-state index contributed by atoms with van der Waals surface area (Å²) in [6.07, 6.45) is 2.10. The number of guanidine groups is 1. The minimum absolute atomic E-state index is 0.00240. The van der Waals surface area contributed by atoms with Gasteiger partial charge in [-0.25, -0.2) is 4.79 Å². The Morgan fingerprint density at radius 3 is 1.35 bits per heavy atom. The smallest absolute Gasteiger partial charge is 0.326 e. The highest BCUT2D eigenvalue weighted by atomic mass is 16.4. The molecule has 0 spiro atoms. The van der Waals surface area contributed by atoms with E-state index in [0.717, 1.165) is 5.56 Å². The van der Waals surface area contributed by atoms with E-state index in [1.54, 1.807) is 12.1 Å². The zero-order chi connectivity index (χ0) is 50.9. The number of aliphatic carboxylic acids is 1. The second-order valence-electron chi connectivity index (χ2n) is 18.5. The first-order valence-electron chi connectivity index (χ1n) is 23.5. The Morgan fingerprint density at radius 1 is 0.529 bits per heavy atom. The molecule has 6 amide bonds. The van der Waals surface area contributed by atoms with E-state index in [2.05, 4.69) is 36.9 Å². The molecule has 20 nitrogen and oxygen atoms in total. The molecule has 2 aromatic carbocycles. The lowest BCUT2D eigenvalue weighted by Gasteiger charge is -2.29. The van der Waals surface area contributed by atoms with Gasteiger partial charge in [-0.3, -0.25) is 33.8 Å². The van der Waals surface area contributed by atoms with Crippen molar-refractivity contribution >= 4 is 47.4 Å². The number of amides is 6. The van der Waals surface area contributed by atoms with E-state index >= 15 is 0 Å². The third kappa shape index (κ3) is 22.5. The number of carbonyl (C=O) groups is 7. The van der Waals surface area contributed by atoms with Crippen LogP contribution in [0.15, 0.2) is 59.6 Å². The van der Waals surface area contributed by atoms with Crippen molar-refractivity contribution in [3.63, 3.8) is 0 Å². The number of carboxylic acids is 1. The Hall–Kier alpha value is -6.28. The predicted molar refractivity (Wildman–Crippen MR) is 260 cm³/mol. The number of unbranched alkanes of at least 4 members (excludes halogenated alkanes) is 1. The van der Waals surface area contributed by atoms with Gasteiger partial charge in [0.25, 0.3) is 0 Å². The Labute approximate surface area is 400 Å². The molecule has 378 valence electrons. The SMILES string of the molecule is CC(C)C[C@H](NC(=O)[C@H](CC(C)C)NC(=O)[C@H](CC(C)C)NC(=O)[C@H](CCCN=C(N)N)NC(=O)[C@H](CCCCN)NC(=O)[C@@H](N)Cc1ccccc1)C(=O)N[C@@H](Cc1ccc(O)cc1)C(=O)O. The van der Waals surface area contributed by atoms with Crippen molar-refractivity contribution in [2.75, 3.05) is 13.1 Å². The van der Waals surface area contributed by atoms with Crippen LogP contribution in [0, 0.1) is 17.8 Å². The monoisotopic (exact) mass is 952 g/mol. The summed E-state index contributed by atoms with van der Waals surface area (Å²) in [5.41, 5.74) is 24.4. The molecule has 2 aromatic rings. The number of aliphatic imine (C=N–C) groups is 1. The van der Waals surface area contributed by atoms with Crippen LogP contribution in [0.25, 0.3) is 0 Å². The molecule has 7 atom stereocenters. The Bertz CT molecular complexity index is 1940. The van der Waals surface area contributed by atoms with E-state index in [1.807, 2.05) is 71.9 Å². The van der Waals surface area contributed by atoms with E-state index in [1.165, 1.54) is 12.1 Å². The fourth-order valence-electron chi connectivity index (χ4n) is 7.31. The first kappa shape index (κ1) is 57.8. The second-order valence-corrected chi connectivity index (χ2v) is 18.5. The maximum atomic E-state index is 14.2. The highest BCUT2D eigenvalue weighted by molar-refractivity contribution is 5.97. The summed E-state index contributed by atoms with van der Waals surface area (Å²) in [6.45, 7) is 11.5. The number of rotatable bonds is 31. The first-order chi connectivity index (χ1) is 32.1. The minimum atomic E-state index is -1.35. The maximum absolute atomic E-state index is 14.2. The van der Waals surface area contributed by atoms with Gasteiger partial charge < -0.3 is 65.0 Å². The average molecular weight is 952 g/mol. The van der Waals surface area contributed by atoms with Crippen molar-refractivity contribution in [2.24, 2.45) is 45.7 Å². The Kier molecular flexibility index (Phi) is 25.7. The van der Waals surface area contributed by atoms with Gasteiger partial charge >= 0.3 is 5.97 Å². The summed E-state index contributed by atoms with van der Waals surface area (Å²) in [4.78, 5) is 99.7. The number of carbonyl (C=O) groups excluding carboxylic acids is 6. The molecule has 0 saturated carbocycles. The number of nitrogens with two attached hydrogens (primary N) is 4. The summed E-state index contributed by atoms with van der Waals surface area (Å²) >= 11 is 0. The quantitative estimate of drug-likeness (QED) is 0.0283. The largest absolute Gasteiger partial charge is 0.508 e. The van der Waals surface area contributed by atoms with E-state index in [4.69, 9.17) is 22.9 Å². The van der Waals surface area contributed by atoms with Gasteiger partial charge in [0.1, 0.15) is 42.0 Å². The molecule has 16 N–H and O–H groups in total. The topological polar surface area (TPSA) is 349 Å². The minimum Gasteiger partial charge on any atom is -0.508 e. The molecule has 0 fully saturated rings. The van der Waals surface area contributed by atoms with Crippen LogP contribution < -0.4 is 54.8 Å². The van der Waals surface area contributed by atoms with Crippen LogP contribution in [-0.4, -0.2) is 113 Å². The number of aromatic hydroxyl groups is 1. The van der Waals surface area contributed by atoms with Gasteiger partial charge in [-0.15, -0.1) is 0 Å². The normalized spacial score (nSPS) is 14.3. The number of nitrogens with one attached hydrogen (secondary N) is 6. The predicted octanol–water partition coefficient (Wildman–Crippen LogP) is 0.819. The van der Waals surface area contributed by atoms with Crippen molar-refractivity contribution in [2.45, 2.75) is 148 Å². The first-order valence-corrected chi connectivity index (χ1v) is 23.5. The molecule has 20 heteroatoms. The highest BCUT2D eigenvalue weighted by Gasteiger charge is 2.34. The summed E-state index contributed by atoms with van der Waals surface area (Å²) < 4.78 is 0. The van der Waals surface area contributed by atoms with Crippen LogP contribution in [0.3, 0.4) is 0 Å². The summed E-state index contributed by atoms with van der Waals surface area (Å²) in [6, 6.07) is 6.90. The van der Waals surface area contributed by atoms with Crippen molar-refractivity contribution in [1.29, 1.82) is 0 Å². The Balaban J connectivity index is 2.36. The van der Waals surface area contributed by atoms with Crippen molar-refractivity contribution < 1.29 is 43.8 Å². The van der Waals surface area contributed by atoms with Gasteiger partial charge in [-0.2, -0.15) is 0 Å². The van der Waals surface area contributed by atoms with Crippen molar-refractivity contribution in [1.82, 2.24) is 31.9 Å². The molecule has 0 aliphatic carbocycles. The maximum Gasteiger partial charge on any atom is 0.326 e. The standard InChI is InChI=1S/C48H77N11O9/c1-28(2)23-37(44(64)57-38(24-29(3)4)45(65)58-39(25-30(5)6)46(66)59-40(47(67)68)27-32-17-19-33(60)20-18-32)56-43(63)36(16-12-22-53-48(51)52)55-42(62)35(15-10-11-21-49)54-41(61)34(50)26-31-13-8-7-9-14-31/h7-9,13-14,17-20,28-30,34-40,60H,10-12,15-16,21-27,49-50H2,1-6H3,(H,54,61)(H,55,62)(H,56,63)(H,57,64)(H,58,65)(H,59,66)(H,67,68)(H4,51,52,53)/t34-,35-,36-,37-,38-,39-,40-/m0/s1. The summed E-state index contributed by atoms with van der Waals surface area (Å²) in [5, 5.41) is 35.9. The molecule has 0 aliphatic heterocycles. The van der Waals surface area contributed by atoms with E-state index in [0.29, 0.717) is 24.9 Å². The van der Waals surface area contributed by atoms with Crippen LogP contribution in [0.1, 0.15) is 104 Å². The van der Waals surface area contributed by atoms with Crippen LogP contribution >= 0.6 is 0 Å². The lowest BCUT2D eigenvalue weighted by molar-refractivity contribution is -0.142. The van der Waals surface area contributed by atoms with Crippen LogP contribution in [0.2, 0.25) is 0 Å². The Morgan fingerprint density at radius 2 is 0.926 bits per heavy atom. The number of benzene rings is 2. The summed E-state index contributed by atoms with van der Waals surface area (Å²) in [7, 11) is 0. The van der Waals surface area contributed by atoms with Gasteiger partial charge in [0.2, 0.25) is 35.4 Å². The fraction of sp³-hybridized carbons (Fsp3) is 0.583. The van der Waals surface area contributed by atoms with E-state index in [-0.39, 0.29) is 87.4 Å². The van der Waals surface area contributed by atoms with Gasteiger partial charge in [0, 0.05) is 13.0 Å². The number of carboxylic acid groups (broad SMARTS) is 1. The van der Waals surface area contributed by atoms with Crippen LogP contribution in [0.4, 0.5) is 0 Å². The molecule has 0 aliphatic rings. The zero-order valence-electron chi connectivity index (χ0n) is 40.5. The van der Waals surface area contributed by atoms with Crippen LogP contribution in [-0.2, 0) is 46.4 Å². The lowest BCUT2D eigenvalue weighted by Crippen LogP contribution is -2.60. The zero-order valence-corrected chi connectivity index (χ0v) is 40.5. The molecule has 68 heavy (non-hydrogen) atoms. The van der Waals surface area contributed by atoms with E-state index < -0.39 is 83.7 Å². The number of nitrogens with zero attached hydrogens (tertiary/aromatic N) is 1.